The molecule has 404 valence electrons. The Morgan fingerprint density at radius 2 is 0.938 bits per heavy atom. The quantitative estimate of drug-likeness (QED) is 0.159. The highest BCUT2D eigenvalue weighted by molar-refractivity contribution is 7.00. The van der Waals surface area contributed by atoms with Gasteiger partial charge in [-0.25, -0.2) is 0 Å². The third-order valence-corrected chi connectivity index (χ3v) is 21.7. The van der Waals surface area contributed by atoms with Crippen LogP contribution in [0.3, 0.4) is 0 Å². The van der Waals surface area contributed by atoms with E-state index in [2.05, 4.69) is 269 Å². The Labute approximate surface area is 479 Å². The minimum absolute atomic E-state index is 0.00874. The van der Waals surface area contributed by atoms with Crippen LogP contribution < -0.4 is 31.1 Å². The maximum atomic E-state index is 2.84. The number of anilines is 8. The smallest absolute Gasteiger partial charge is 0.252 e. The van der Waals surface area contributed by atoms with E-state index in [1.165, 1.54) is 143 Å². The van der Waals surface area contributed by atoms with E-state index in [0.29, 0.717) is 0 Å². The van der Waals surface area contributed by atoms with Gasteiger partial charge in [0, 0.05) is 50.8 Å². The predicted octanol–water partition coefficient (Wildman–Crippen LogP) is 18.8. The van der Waals surface area contributed by atoms with Gasteiger partial charge in [0.15, 0.2) is 0 Å². The van der Waals surface area contributed by atoms with E-state index in [0.717, 1.165) is 25.7 Å². The molecule has 14 rings (SSSR count). The van der Waals surface area contributed by atoms with Gasteiger partial charge in [0.2, 0.25) is 0 Å². The Morgan fingerprint density at radius 1 is 0.375 bits per heavy atom. The average molecular weight is 1050 g/mol. The highest BCUT2D eigenvalue weighted by Crippen LogP contribution is 2.62. The van der Waals surface area contributed by atoms with Crippen LogP contribution in [0.15, 0.2) is 164 Å². The molecule has 0 N–H and O–H groups in total. The molecule has 0 amide bonds. The molecule has 8 aromatic carbocycles. The van der Waals surface area contributed by atoms with E-state index in [1.807, 2.05) is 0 Å². The van der Waals surface area contributed by atoms with E-state index in [-0.39, 0.29) is 44.7 Å². The van der Waals surface area contributed by atoms with Crippen molar-refractivity contribution >= 4 is 68.6 Å². The molecule has 4 heteroatoms. The fraction of sp³-hybridized carbons (Fsp3) is 0.368. The summed E-state index contributed by atoms with van der Waals surface area (Å²) in [5, 5.41) is 0. The fourth-order valence-electron chi connectivity index (χ4n) is 16.4. The number of hydrogen-bond donors (Lipinski definition) is 0. The normalized spacial score (nSPS) is 22.3. The molecule has 0 bridgehead atoms. The molecule has 3 nitrogen and oxygen atoms in total. The highest BCUT2D eigenvalue weighted by Gasteiger charge is 2.58. The van der Waals surface area contributed by atoms with Gasteiger partial charge in [0.25, 0.3) is 6.71 Å². The van der Waals surface area contributed by atoms with E-state index in [9.17, 15) is 0 Å². The second kappa shape index (κ2) is 17.4. The van der Waals surface area contributed by atoms with Crippen LogP contribution in [0.1, 0.15) is 175 Å². The number of fused-ring (bicyclic) bond motifs is 9. The number of rotatable bonds is 5. The number of hydrogen-bond acceptors (Lipinski definition) is 3. The molecule has 8 aromatic rings. The Morgan fingerprint density at radius 3 is 1.61 bits per heavy atom. The van der Waals surface area contributed by atoms with Crippen molar-refractivity contribution in [2.24, 2.45) is 0 Å². The lowest BCUT2D eigenvalue weighted by Gasteiger charge is -2.51. The van der Waals surface area contributed by atoms with Gasteiger partial charge in [-0.05, 0) is 194 Å². The summed E-state index contributed by atoms with van der Waals surface area (Å²) in [7, 11) is 0. The van der Waals surface area contributed by atoms with Gasteiger partial charge >= 0.3 is 0 Å². The first-order chi connectivity index (χ1) is 38.0. The standard InChI is InChI=1S/C76H82BN3/c1-70(2,3)52-31-35-63(55(43-52)50-26-18-15-19-27-50)79-65-34-30-51(49-24-16-14-17-25-49)42-61(65)77-62-47-59-60(74(10,11)41-40-73(59,8)9)48-66(62)78(53-32-33-56-58(44-53)72(6,7)39-38-71(56,4)5)67-45-54(46-68(79)69(67)77)80-64-29-21-20-28-57(64)75(12)36-22-23-37-76(75,80)13/h14-21,24-35,42-48H,22-23,36-41H2,1-13H3. The second-order valence-corrected chi connectivity index (χ2v) is 29.4. The predicted molar refractivity (Wildman–Crippen MR) is 343 cm³/mol. The van der Waals surface area contributed by atoms with Gasteiger partial charge in [-0.3, -0.25) is 0 Å². The van der Waals surface area contributed by atoms with E-state index >= 15 is 0 Å². The minimum Gasteiger partial charge on any atom is -0.334 e. The Hall–Kier alpha value is -6.78. The SMILES string of the molecule is CC(C)(C)c1ccc(N2c3ccc(-c4ccccc4)cc3B3c4cc5c(cc4N(c4ccc6c(c4)C(C)(C)CCC6(C)C)c4cc(N6c7ccccc7C7(C)CCCCC67C)cc2c43)C(C)(C)CCC5(C)C)c(-c2ccccc2)c1. The molecule has 1 saturated carbocycles. The maximum absolute atomic E-state index is 2.84. The first-order valence-electron chi connectivity index (χ1n) is 30.4. The molecule has 3 aliphatic heterocycles. The van der Waals surface area contributed by atoms with Crippen molar-refractivity contribution in [2.45, 2.75) is 179 Å². The first-order valence-corrected chi connectivity index (χ1v) is 30.4. The summed E-state index contributed by atoms with van der Waals surface area (Å²) in [6.07, 6.45) is 9.45. The van der Waals surface area contributed by atoms with Gasteiger partial charge in [-0.15, -0.1) is 0 Å². The molecular formula is C76H82BN3. The van der Waals surface area contributed by atoms with Crippen LogP contribution in [0, 0.1) is 0 Å². The summed E-state index contributed by atoms with van der Waals surface area (Å²) in [5.41, 5.74) is 28.1. The monoisotopic (exact) mass is 1050 g/mol. The van der Waals surface area contributed by atoms with Crippen molar-refractivity contribution in [1.82, 2.24) is 0 Å². The third-order valence-electron chi connectivity index (χ3n) is 21.7. The molecule has 0 radical (unpaired) electrons. The van der Waals surface area contributed by atoms with Crippen molar-refractivity contribution < 1.29 is 0 Å². The van der Waals surface area contributed by atoms with Crippen molar-refractivity contribution in [3.8, 4) is 22.3 Å². The molecule has 2 unspecified atom stereocenters. The van der Waals surface area contributed by atoms with Crippen molar-refractivity contribution in [3.05, 3.63) is 197 Å². The van der Waals surface area contributed by atoms with Crippen LogP contribution in [-0.2, 0) is 32.5 Å². The summed E-state index contributed by atoms with van der Waals surface area (Å²) in [6.45, 7) is 32.2. The summed E-state index contributed by atoms with van der Waals surface area (Å²) < 4.78 is 0. The van der Waals surface area contributed by atoms with Crippen LogP contribution in [0.2, 0.25) is 0 Å². The zero-order valence-electron chi connectivity index (χ0n) is 50.2. The molecule has 80 heavy (non-hydrogen) atoms. The van der Waals surface area contributed by atoms with Gasteiger partial charge in [0.1, 0.15) is 0 Å². The highest BCUT2D eigenvalue weighted by atomic mass is 15.3. The van der Waals surface area contributed by atoms with Gasteiger partial charge in [-0.2, -0.15) is 0 Å². The van der Waals surface area contributed by atoms with Gasteiger partial charge in [-0.1, -0.05) is 205 Å². The number of benzene rings is 8. The molecule has 1 fully saturated rings. The molecular weight excluding hydrogens is 966 g/mol. The zero-order chi connectivity index (χ0) is 55.7. The summed E-state index contributed by atoms with van der Waals surface area (Å²) in [6, 6.07) is 65.1. The number of para-hydroxylation sites is 1. The lowest BCUT2D eigenvalue weighted by molar-refractivity contribution is 0.195. The van der Waals surface area contributed by atoms with Crippen LogP contribution in [0.4, 0.5) is 45.5 Å². The van der Waals surface area contributed by atoms with E-state index in [1.54, 1.807) is 0 Å². The van der Waals surface area contributed by atoms with E-state index in [4.69, 9.17) is 0 Å². The summed E-state index contributed by atoms with van der Waals surface area (Å²) in [4.78, 5) is 8.33. The van der Waals surface area contributed by atoms with Crippen LogP contribution in [0.25, 0.3) is 22.3 Å². The third kappa shape index (κ3) is 7.44. The lowest BCUT2D eigenvalue weighted by atomic mass is 9.33. The van der Waals surface area contributed by atoms with Gasteiger partial charge < -0.3 is 14.7 Å². The second-order valence-electron chi connectivity index (χ2n) is 29.4. The van der Waals surface area contributed by atoms with Crippen molar-refractivity contribution in [2.75, 3.05) is 14.7 Å². The van der Waals surface area contributed by atoms with Crippen LogP contribution in [0.5, 0.6) is 0 Å². The molecule has 6 aliphatic rings. The first kappa shape index (κ1) is 51.4. The molecule has 3 heterocycles. The van der Waals surface area contributed by atoms with Crippen LogP contribution in [-0.4, -0.2) is 12.3 Å². The molecule has 0 aromatic heterocycles. The number of nitrogens with zero attached hydrogens (tertiary/aromatic N) is 3. The van der Waals surface area contributed by atoms with Crippen LogP contribution >= 0.6 is 0 Å². The summed E-state index contributed by atoms with van der Waals surface area (Å²) in [5.74, 6) is 0. The molecule has 0 spiro atoms. The molecule has 0 saturated heterocycles. The Balaban J connectivity index is 1.16. The average Bonchev–Trinajstić information content (AvgIpc) is 3.20. The lowest BCUT2D eigenvalue weighted by Crippen LogP contribution is -2.62. The fourth-order valence-corrected chi connectivity index (χ4v) is 16.4. The molecule has 2 atom stereocenters. The largest absolute Gasteiger partial charge is 0.334 e. The van der Waals surface area contributed by atoms with Crippen molar-refractivity contribution in [1.29, 1.82) is 0 Å². The Kier molecular flexibility index (Phi) is 11.2. The topological polar surface area (TPSA) is 9.72 Å². The van der Waals surface area contributed by atoms with Gasteiger partial charge in [0.05, 0.1) is 11.2 Å². The maximum Gasteiger partial charge on any atom is 0.252 e. The molecule has 3 aliphatic carbocycles. The van der Waals surface area contributed by atoms with Crippen molar-refractivity contribution in [3.63, 3.8) is 0 Å². The summed E-state index contributed by atoms with van der Waals surface area (Å²) >= 11 is 0. The minimum atomic E-state index is -0.144. The Bertz CT molecular complexity index is 3840. The zero-order valence-corrected chi connectivity index (χ0v) is 50.2. The van der Waals surface area contributed by atoms with E-state index < -0.39 is 0 Å².